The number of nitrogens with zero attached hydrogens (tertiary/aromatic N) is 1. The second-order valence-electron chi connectivity index (χ2n) is 5.08. The molecule has 1 rings (SSSR count). The van der Waals surface area contributed by atoms with Crippen LogP contribution in [0.4, 0.5) is 0 Å². The Bertz CT molecular complexity index is 305. The van der Waals surface area contributed by atoms with E-state index in [9.17, 15) is 8.42 Å². The fourth-order valence-electron chi connectivity index (χ4n) is 1.86. The van der Waals surface area contributed by atoms with E-state index < -0.39 is 9.84 Å². The Kier molecular flexibility index (Phi) is 3.79. The van der Waals surface area contributed by atoms with E-state index in [-0.39, 0.29) is 11.3 Å². The first-order valence-corrected chi connectivity index (χ1v) is 7.48. The molecule has 0 saturated carbocycles. The molecule has 0 aromatic rings. The molecule has 0 spiro atoms. The predicted octanol–water partition coefficient (Wildman–Crippen LogP) is 0.0902. The first-order chi connectivity index (χ1) is 6.73. The zero-order valence-electron chi connectivity index (χ0n) is 9.86. The first-order valence-electron chi connectivity index (χ1n) is 5.42. The molecule has 1 heterocycles. The summed E-state index contributed by atoms with van der Waals surface area (Å²) in [6, 6.07) is 0. The minimum atomic E-state index is -2.81. The van der Waals surface area contributed by atoms with Crippen LogP contribution in [0.3, 0.4) is 0 Å². The molecule has 0 unspecified atom stereocenters. The van der Waals surface area contributed by atoms with Crippen LogP contribution in [-0.2, 0) is 9.84 Å². The second kappa shape index (κ2) is 4.39. The van der Waals surface area contributed by atoms with Gasteiger partial charge in [0.1, 0.15) is 9.84 Å². The fourth-order valence-corrected chi connectivity index (χ4v) is 2.51. The summed E-state index contributed by atoms with van der Waals surface area (Å²) in [6.07, 6.45) is 2.00. The summed E-state index contributed by atoms with van der Waals surface area (Å²) < 4.78 is 21.8. The zero-order valence-corrected chi connectivity index (χ0v) is 10.7. The fraction of sp³-hybridized carbons (Fsp3) is 1.00. The topological polar surface area (TPSA) is 63.4 Å². The van der Waals surface area contributed by atoms with Crippen LogP contribution in [0, 0.1) is 5.92 Å². The molecule has 0 radical (unpaired) electrons. The number of likely N-dealkylation sites (tertiary alicyclic amines) is 1. The van der Waals surface area contributed by atoms with Crippen LogP contribution < -0.4 is 5.73 Å². The van der Waals surface area contributed by atoms with Crippen LogP contribution in [0.5, 0.6) is 0 Å². The summed E-state index contributed by atoms with van der Waals surface area (Å²) in [6.45, 7) is 6.91. The molecule has 1 aliphatic rings. The van der Waals surface area contributed by atoms with Crippen molar-refractivity contribution in [2.24, 2.45) is 11.7 Å². The summed E-state index contributed by atoms with van der Waals surface area (Å²) in [5.41, 5.74) is 6.08. The van der Waals surface area contributed by atoms with E-state index >= 15 is 0 Å². The quantitative estimate of drug-likeness (QED) is 0.732. The van der Waals surface area contributed by atoms with Gasteiger partial charge in [-0.05, 0) is 18.9 Å². The molecule has 90 valence electrons. The van der Waals surface area contributed by atoms with E-state index in [0.717, 1.165) is 19.6 Å². The molecule has 0 bridgehead atoms. The highest BCUT2D eigenvalue weighted by Gasteiger charge is 2.41. The van der Waals surface area contributed by atoms with Gasteiger partial charge in [0, 0.05) is 24.9 Å². The Morgan fingerprint density at radius 1 is 1.40 bits per heavy atom. The molecule has 1 saturated heterocycles. The minimum Gasteiger partial charge on any atom is -0.323 e. The number of hydrogen-bond acceptors (Lipinski definition) is 4. The highest BCUT2D eigenvalue weighted by molar-refractivity contribution is 7.90. The van der Waals surface area contributed by atoms with Crippen molar-refractivity contribution in [1.29, 1.82) is 0 Å². The summed E-state index contributed by atoms with van der Waals surface area (Å²) >= 11 is 0. The third kappa shape index (κ3) is 3.74. The molecule has 4 nitrogen and oxygen atoms in total. The lowest BCUT2D eigenvalue weighted by Gasteiger charge is -2.50. The van der Waals surface area contributed by atoms with Crippen molar-refractivity contribution < 1.29 is 8.42 Å². The van der Waals surface area contributed by atoms with Gasteiger partial charge in [0.25, 0.3) is 0 Å². The van der Waals surface area contributed by atoms with E-state index in [1.54, 1.807) is 0 Å². The van der Waals surface area contributed by atoms with E-state index in [0.29, 0.717) is 12.3 Å². The van der Waals surface area contributed by atoms with Gasteiger partial charge in [0.05, 0.1) is 5.75 Å². The van der Waals surface area contributed by atoms with Gasteiger partial charge >= 0.3 is 0 Å². The average molecular weight is 234 g/mol. The molecule has 0 amide bonds. The molecule has 0 atom stereocenters. The van der Waals surface area contributed by atoms with Crippen molar-refractivity contribution in [3.05, 3.63) is 0 Å². The van der Waals surface area contributed by atoms with Gasteiger partial charge in [-0.15, -0.1) is 0 Å². The molecule has 15 heavy (non-hydrogen) atoms. The highest BCUT2D eigenvalue weighted by atomic mass is 32.2. The van der Waals surface area contributed by atoms with Gasteiger partial charge in [0.15, 0.2) is 0 Å². The van der Waals surface area contributed by atoms with E-state index in [2.05, 4.69) is 18.7 Å². The maximum Gasteiger partial charge on any atom is 0.147 e. The van der Waals surface area contributed by atoms with Crippen molar-refractivity contribution >= 4 is 9.84 Å². The Hall–Kier alpha value is -0.130. The lowest BCUT2D eigenvalue weighted by atomic mass is 9.80. The first kappa shape index (κ1) is 12.9. The molecule has 0 aromatic carbocycles. The average Bonchev–Trinajstić information content (AvgIpc) is 1.97. The third-order valence-corrected chi connectivity index (χ3v) is 4.21. The maximum absolute atomic E-state index is 10.9. The van der Waals surface area contributed by atoms with Crippen molar-refractivity contribution in [2.75, 3.05) is 31.6 Å². The normalized spacial score (nSPS) is 21.7. The number of sulfone groups is 1. The van der Waals surface area contributed by atoms with Crippen molar-refractivity contribution in [3.63, 3.8) is 0 Å². The molecule has 0 aromatic heterocycles. The zero-order chi connectivity index (χ0) is 11.7. The smallest absolute Gasteiger partial charge is 0.147 e. The molecule has 1 fully saturated rings. The Morgan fingerprint density at radius 2 is 1.93 bits per heavy atom. The number of nitrogens with two attached hydrogens (primary N) is 1. The Balaban J connectivity index is 2.19. The summed E-state index contributed by atoms with van der Waals surface area (Å²) in [5.74, 6) is 0.770. The Labute approximate surface area is 92.7 Å². The van der Waals surface area contributed by atoms with Crippen LogP contribution in [0.25, 0.3) is 0 Å². The van der Waals surface area contributed by atoms with Crippen LogP contribution in [0.15, 0.2) is 0 Å². The van der Waals surface area contributed by atoms with Gasteiger partial charge in [0.2, 0.25) is 0 Å². The lowest BCUT2D eigenvalue weighted by Crippen LogP contribution is -2.69. The Morgan fingerprint density at radius 3 is 2.33 bits per heavy atom. The second-order valence-corrected chi connectivity index (χ2v) is 7.34. The van der Waals surface area contributed by atoms with Gasteiger partial charge in [-0.1, -0.05) is 13.8 Å². The molecular formula is C10H22N2O2S. The van der Waals surface area contributed by atoms with E-state index in [4.69, 9.17) is 5.73 Å². The third-order valence-electron chi connectivity index (χ3n) is 3.18. The molecule has 2 N–H and O–H groups in total. The van der Waals surface area contributed by atoms with Gasteiger partial charge in [-0.25, -0.2) is 8.42 Å². The summed E-state index contributed by atoms with van der Waals surface area (Å²) in [5, 5.41) is 0. The largest absolute Gasteiger partial charge is 0.323 e. The lowest BCUT2D eigenvalue weighted by molar-refractivity contribution is 0.0383. The summed E-state index contributed by atoms with van der Waals surface area (Å²) in [7, 11) is -2.81. The van der Waals surface area contributed by atoms with Crippen LogP contribution >= 0.6 is 0 Å². The molecule has 0 aliphatic carbocycles. The summed E-state index contributed by atoms with van der Waals surface area (Å²) in [4.78, 5) is 2.23. The molecule has 1 aliphatic heterocycles. The van der Waals surface area contributed by atoms with E-state index in [1.165, 1.54) is 6.26 Å². The van der Waals surface area contributed by atoms with Gasteiger partial charge in [-0.3, -0.25) is 4.90 Å². The van der Waals surface area contributed by atoms with Crippen molar-refractivity contribution in [2.45, 2.75) is 25.8 Å². The minimum absolute atomic E-state index is 0.0505. The van der Waals surface area contributed by atoms with Gasteiger partial charge in [-0.2, -0.15) is 0 Å². The highest BCUT2D eigenvalue weighted by Crippen LogP contribution is 2.25. The molecular weight excluding hydrogens is 212 g/mol. The molecule has 5 heteroatoms. The van der Waals surface area contributed by atoms with Gasteiger partial charge < -0.3 is 5.73 Å². The van der Waals surface area contributed by atoms with Crippen LogP contribution in [-0.4, -0.2) is 50.5 Å². The van der Waals surface area contributed by atoms with Crippen molar-refractivity contribution in [1.82, 2.24) is 4.90 Å². The SMILES string of the molecule is CC(C)C1(N)CN(CCCS(C)(=O)=O)C1. The van der Waals surface area contributed by atoms with E-state index in [1.807, 2.05) is 0 Å². The predicted molar refractivity (Wildman–Crippen MR) is 62.5 cm³/mol. The maximum atomic E-state index is 10.9. The standard InChI is InChI=1S/C10H22N2O2S/c1-9(2)10(11)7-12(8-10)5-4-6-15(3,13)14/h9H,4-8,11H2,1-3H3. The number of hydrogen-bond donors (Lipinski definition) is 1. The number of rotatable bonds is 5. The monoisotopic (exact) mass is 234 g/mol. The van der Waals surface area contributed by atoms with Crippen molar-refractivity contribution in [3.8, 4) is 0 Å². The van der Waals surface area contributed by atoms with Crippen LogP contribution in [0.1, 0.15) is 20.3 Å². The van der Waals surface area contributed by atoms with Crippen LogP contribution in [0.2, 0.25) is 0 Å².